The topological polar surface area (TPSA) is 0 Å². The smallest absolute Gasteiger partial charge is 0.0167 e. The lowest BCUT2D eigenvalue weighted by molar-refractivity contribution is 0.669. The number of fused-ring (bicyclic) bond motifs is 1. The molecule has 3 aromatic rings. The van der Waals surface area contributed by atoms with Gasteiger partial charge in [-0.25, -0.2) is 0 Å². The second-order valence-corrected chi connectivity index (χ2v) is 7.52. The molecule has 0 nitrogen and oxygen atoms in total. The molecule has 0 saturated carbocycles. The Kier molecular flexibility index (Phi) is 3.35. The van der Waals surface area contributed by atoms with Gasteiger partial charge in [-0.2, -0.15) is 0 Å². The van der Waals surface area contributed by atoms with Crippen LogP contribution >= 0.6 is 0 Å². The molecule has 0 N–H and O–H groups in total. The van der Waals surface area contributed by atoms with E-state index in [0.29, 0.717) is 5.92 Å². The highest BCUT2D eigenvalue weighted by Crippen LogP contribution is 2.42. The van der Waals surface area contributed by atoms with Crippen molar-refractivity contribution in [2.45, 2.75) is 33.1 Å². The fourth-order valence-corrected chi connectivity index (χ4v) is 4.49. The van der Waals surface area contributed by atoms with Crippen LogP contribution in [-0.4, -0.2) is 0 Å². The van der Waals surface area contributed by atoms with Crippen LogP contribution in [0.5, 0.6) is 0 Å². The molecule has 0 saturated heterocycles. The number of hydrogen-bond donors (Lipinski definition) is 0. The quantitative estimate of drug-likeness (QED) is 0.509. The van der Waals surface area contributed by atoms with Crippen molar-refractivity contribution in [3.8, 4) is 11.1 Å². The van der Waals surface area contributed by atoms with Crippen LogP contribution in [0.4, 0.5) is 0 Å². The Hall–Kier alpha value is -2.34. The van der Waals surface area contributed by atoms with Gasteiger partial charge in [-0.3, -0.25) is 0 Å². The molecule has 1 unspecified atom stereocenters. The summed E-state index contributed by atoms with van der Waals surface area (Å²) in [5.41, 5.74) is 10.0. The molecule has 2 aliphatic rings. The molecule has 123 valence electrons. The van der Waals surface area contributed by atoms with Gasteiger partial charge < -0.3 is 0 Å². The van der Waals surface area contributed by atoms with Gasteiger partial charge in [0, 0.05) is 6.42 Å². The maximum atomic E-state index is 2.42. The van der Waals surface area contributed by atoms with E-state index in [9.17, 15) is 0 Å². The van der Waals surface area contributed by atoms with E-state index >= 15 is 0 Å². The van der Waals surface area contributed by atoms with Crippen molar-refractivity contribution in [3.63, 3.8) is 0 Å². The van der Waals surface area contributed by atoms with Crippen molar-refractivity contribution in [2.75, 3.05) is 0 Å². The molecule has 0 heteroatoms. The largest absolute Gasteiger partial charge is 0.0648 e. The molecule has 2 aliphatic carbocycles. The van der Waals surface area contributed by atoms with Gasteiger partial charge >= 0.3 is 0 Å². The Morgan fingerprint density at radius 1 is 0.880 bits per heavy atom. The first-order valence-electron chi connectivity index (χ1n) is 9.49. The van der Waals surface area contributed by atoms with E-state index < -0.39 is 0 Å². The molecule has 0 bridgehead atoms. The van der Waals surface area contributed by atoms with Crippen molar-refractivity contribution in [1.82, 2.24) is 0 Å². The SMILES string of the molecule is CCC(C)C1=Cc2c(cccc2-c2ccc3c4c(cccc24)CC3)[CH]1. The molecular formula is C25H23. The lowest BCUT2D eigenvalue weighted by atomic mass is 9.91. The fourth-order valence-electron chi connectivity index (χ4n) is 4.49. The monoisotopic (exact) mass is 323 g/mol. The van der Waals surface area contributed by atoms with Crippen molar-refractivity contribution in [1.29, 1.82) is 0 Å². The van der Waals surface area contributed by atoms with Crippen LogP contribution < -0.4 is 0 Å². The van der Waals surface area contributed by atoms with E-state index in [1.165, 1.54) is 69.0 Å². The van der Waals surface area contributed by atoms with E-state index in [1.54, 1.807) is 0 Å². The highest BCUT2D eigenvalue weighted by Gasteiger charge is 2.22. The van der Waals surface area contributed by atoms with Gasteiger partial charge in [0.05, 0.1) is 0 Å². The molecular weight excluding hydrogens is 300 g/mol. The summed E-state index contributed by atoms with van der Waals surface area (Å²) in [5.74, 6) is 0.619. The summed E-state index contributed by atoms with van der Waals surface area (Å²) in [6, 6.07) is 18.3. The van der Waals surface area contributed by atoms with Crippen LogP contribution in [0.2, 0.25) is 0 Å². The Balaban J connectivity index is 1.74. The zero-order valence-corrected chi connectivity index (χ0v) is 15.0. The van der Waals surface area contributed by atoms with Crippen LogP contribution in [0.1, 0.15) is 42.5 Å². The highest BCUT2D eigenvalue weighted by molar-refractivity contribution is 6.03. The number of hydrogen-bond acceptors (Lipinski definition) is 0. The molecule has 0 spiro atoms. The van der Waals surface area contributed by atoms with Crippen LogP contribution in [0.3, 0.4) is 0 Å². The summed E-state index contributed by atoms with van der Waals surface area (Å²) in [6.45, 7) is 4.60. The van der Waals surface area contributed by atoms with Crippen LogP contribution in [-0.2, 0) is 12.8 Å². The lowest BCUT2D eigenvalue weighted by Crippen LogP contribution is -1.95. The zero-order valence-electron chi connectivity index (χ0n) is 15.0. The number of allylic oxidation sites excluding steroid dienone is 1. The van der Waals surface area contributed by atoms with E-state index in [-0.39, 0.29) is 0 Å². The molecule has 0 fully saturated rings. The van der Waals surface area contributed by atoms with Crippen molar-refractivity contribution in [2.24, 2.45) is 5.92 Å². The maximum absolute atomic E-state index is 2.42. The molecule has 0 aromatic heterocycles. The van der Waals surface area contributed by atoms with Crippen molar-refractivity contribution in [3.05, 3.63) is 82.8 Å². The fraction of sp³-hybridized carbons (Fsp3) is 0.240. The van der Waals surface area contributed by atoms with Crippen LogP contribution in [0.25, 0.3) is 28.0 Å². The third-order valence-electron chi connectivity index (χ3n) is 6.12. The van der Waals surface area contributed by atoms with E-state index in [1.807, 2.05) is 0 Å². The molecule has 0 amide bonds. The minimum Gasteiger partial charge on any atom is -0.0648 e. The summed E-state index contributed by atoms with van der Waals surface area (Å²) in [6.07, 6.45) is 8.37. The summed E-state index contributed by atoms with van der Waals surface area (Å²) in [7, 11) is 0. The summed E-state index contributed by atoms with van der Waals surface area (Å²) in [4.78, 5) is 0. The minimum absolute atomic E-state index is 0.619. The van der Waals surface area contributed by atoms with Crippen molar-refractivity contribution >= 4 is 16.8 Å². The third kappa shape index (κ3) is 2.20. The second kappa shape index (κ2) is 5.59. The van der Waals surface area contributed by atoms with Gasteiger partial charge in [0.25, 0.3) is 0 Å². The van der Waals surface area contributed by atoms with Crippen LogP contribution in [0.15, 0.2) is 54.1 Å². The number of rotatable bonds is 3. The molecule has 1 radical (unpaired) electrons. The first-order valence-corrected chi connectivity index (χ1v) is 9.49. The third-order valence-corrected chi connectivity index (χ3v) is 6.12. The van der Waals surface area contributed by atoms with E-state index in [0.717, 1.165) is 0 Å². The predicted octanol–water partition coefficient (Wildman–Crippen LogP) is 6.60. The lowest BCUT2D eigenvalue weighted by Gasteiger charge is -2.12. The summed E-state index contributed by atoms with van der Waals surface area (Å²) < 4.78 is 0. The summed E-state index contributed by atoms with van der Waals surface area (Å²) >= 11 is 0. The molecule has 3 aromatic carbocycles. The first-order chi connectivity index (χ1) is 12.3. The van der Waals surface area contributed by atoms with Crippen molar-refractivity contribution < 1.29 is 0 Å². The maximum Gasteiger partial charge on any atom is 0.0167 e. The highest BCUT2D eigenvalue weighted by atomic mass is 14.3. The summed E-state index contributed by atoms with van der Waals surface area (Å²) in [5, 5.41) is 2.93. The van der Waals surface area contributed by atoms with Gasteiger partial charge in [-0.05, 0) is 69.3 Å². The van der Waals surface area contributed by atoms with Crippen LogP contribution in [0, 0.1) is 12.3 Å². The van der Waals surface area contributed by atoms with E-state index in [2.05, 4.69) is 74.9 Å². The number of benzene rings is 3. The molecule has 1 atom stereocenters. The standard InChI is InChI=1S/C25H23/c1-3-16(2)20-14-19-7-5-8-21(24(19)15-20)22-13-12-18-11-10-17-6-4-9-23(22)25(17)18/h4-9,12-16H,3,10-11H2,1-2H3. The normalized spacial score (nSPS) is 16.2. The average molecular weight is 323 g/mol. The first kappa shape index (κ1) is 15.0. The predicted molar refractivity (Wildman–Crippen MR) is 108 cm³/mol. The Morgan fingerprint density at radius 2 is 1.68 bits per heavy atom. The Labute approximate surface area is 150 Å². The second-order valence-electron chi connectivity index (χ2n) is 7.52. The van der Waals surface area contributed by atoms with Gasteiger partial charge in [-0.1, -0.05) is 74.0 Å². The van der Waals surface area contributed by atoms with E-state index in [4.69, 9.17) is 0 Å². The molecule has 5 rings (SSSR count). The van der Waals surface area contributed by atoms with Gasteiger partial charge in [0.15, 0.2) is 0 Å². The van der Waals surface area contributed by atoms with Gasteiger partial charge in [0.2, 0.25) is 0 Å². The zero-order chi connectivity index (χ0) is 17.0. The Bertz CT molecular complexity index is 1010. The molecule has 0 aliphatic heterocycles. The van der Waals surface area contributed by atoms with Gasteiger partial charge in [0.1, 0.15) is 0 Å². The minimum atomic E-state index is 0.619. The number of aryl methyl sites for hydroxylation is 2. The van der Waals surface area contributed by atoms with Gasteiger partial charge in [-0.15, -0.1) is 0 Å². The molecule has 0 heterocycles. The molecule has 25 heavy (non-hydrogen) atoms. The Morgan fingerprint density at radius 3 is 2.52 bits per heavy atom. The average Bonchev–Trinajstić information content (AvgIpc) is 3.27.